The second kappa shape index (κ2) is 7.42. The van der Waals surface area contributed by atoms with Crippen LogP contribution in [0, 0.1) is 56.7 Å². The van der Waals surface area contributed by atoms with Crippen molar-refractivity contribution in [3.63, 3.8) is 0 Å². The van der Waals surface area contributed by atoms with Crippen LogP contribution in [-0.2, 0) is 19.1 Å². The molecule has 0 bridgehead atoms. The Labute approximate surface area is 211 Å². The lowest BCUT2D eigenvalue weighted by Gasteiger charge is -2.69. The number of hydrogen-bond donors (Lipinski definition) is 0. The molecule has 5 aliphatic carbocycles. The number of hydrogen-bond acceptors (Lipinski definition) is 4. The highest BCUT2D eigenvalue weighted by Gasteiger charge is 2.72. The molecule has 3 fully saturated rings. The van der Waals surface area contributed by atoms with E-state index in [4.69, 9.17) is 4.74 Å². The molecule has 4 heteroatoms. The minimum absolute atomic E-state index is 0.0168. The normalized spacial score (nSPS) is 50.3. The van der Waals surface area contributed by atoms with Gasteiger partial charge in [-0.2, -0.15) is 0 Å². The van der Waals surface area contributed by atoms with Gasteiger partial charge in [0, 0.05) is 11.3 Å². The van der Waals surface area contributed by atoms with Gasteiger partial charge in [-0.05, 0) is 90.6 Å². The second-order valence-electron chi connectivity index (χ2n) is 14.1. The van der Waals surface area contributed by atoms with E-state index in [1.165, 1.54) is 12.7 Å². The van der Waals surface area contributed by atoms with Crippen molar-refractivity contribution < 1.29 is 19.1 Å². The Morgan fingerprint density at radius 3 is 2.31 bits per heavy atom. The van der Waals surface area contributed by atoms with Gasteiger partial charge < -0.3 is 4.74 Å². The van der Waals surface area contributed by atoms with Gasteiger partial charge in [-0.3, -0.25) is 14.4 Å². The quantitative estimate of drug-likeness (QED) is 0.411. The Morgan fingerprint density at radius 2 is 1.66 bits per heavy atom. The van der Waals surface area contributed by atoms with Crippen LogP contribution < -0.4 is 0 Å². The Morgan fingerprint density at radius 1 is 0.971 bits per heavy atom. The van der Waals surface area contributed by atoms with Crippen molar-refractivity contribution in [2.45, 2.75) is 87.0 Å². The van der Waals surface area contributed by atoms with E-state index in [-0.39, 0.29) is 51.5 Å². The average molecular weight is 481 g/mol. The van der Waals surface area contributed by atoms with Gasteiger partial charge in [-0.1, -0.05) is 60.1 Å². The van der Waals surface area contributed by atoms with Crippen molar-refractivity contribution in [1.82, 2.24) is 0 Å². The fourth-order valence-corrected chi connectivity index (χ4v) is 10.2. The van der Waals surface area contributed by atoms with Crippen LogP contribution in [0.3, 0.4) is 0 Å². The summed E-state index contributed by atoms with van der Waals surface area (Å²) in [4.78, 5) is 41.3. The molecule has 0 N–H and O–H groups in total. The largest absolute Gasteiger partial charge is 0.469 e. The molecule has 3 unspecified atom stereocenters. The molecule has 4 nitrogen and oxygen atoms in total. The summed E-state index contributed by atoms with van der Waals surface area (Å²) in [6.45, 7) is 15.7. The number of rotatable bonds is 1. The van der Waals surface area contributed by atoms with Gasteiger partial charge in [0.25, 0.3) is 0 Å². The highest BCUT2D eigenvalue weighted by molar-refractivity contribution is 6.04. The predicted octanol–water partition coefficient (Wildman–Crippen LogP) is 6.34. The summed E-state index contributed by atoms with van der Waals surface area (Å²) >= 11 is 0. The van der Waals surface area contributed by atoms with Crippen LogP contribution in [0.4, 0.5) is 0 Å². The SMILES string of the molecule is COC(=O)[C@]12CC[C@@H](C)[C@H](C)C1C1=CC(=O)C3[C@@]4(C)C(=O)C=CC(C)(C)C4CC[C@@]3(C)[C@]1(C)CC2. The van der Waals surface area contributed by atoms with Gasteiger partial charge >= 0.3 is 5.97 Å². The van der Waals surface area contributed by atoms with Gasteiger partial charge in [0.2, 0.25) is 0 Å². The van der Waals surface area contributed by atoms with Gasteiger partial charge in [0.1, 0.15) is 0 Å². The minimum Gasteiger partial charge on any atom is -0.469 e. The summed E-state index contributed by atoms with van der Waals surface area (Å²) in [5, 5.41) is 0. The number of allylic oxidation sites excluding steroid dienone is 4. The van der Waals surface area contributed by atoms with Crippen molar-refractivity contribution in [3.8, 4) is 0 Å². The molecule has 0 aromatic rings. The molecule has 3 saturated carbocycles. The first-order valence-electron chi connectivity index (χ1n) is 13.8. The van der Waals surface area contributed by atoms with E-state index < -0.39 is 10.8 Å². The van der Waals surface area contributed by atoms with Gasteiger partial charge in [-0.15, -0.1) is 0 Å². The smallest absolute Gasteiger partial charge is 0.312 e. The number of carbonyl (C=O) groups excluding carboxylic acids is 3. The van der Waals surface area contributed by atoms with Crippen LogP contribution in [0.2, 0.25) is 0 Å². The molecule has 0 heterocycles. The number of esters is 1. The Balaban J connectivity index is 1.71. The minimum atomic E-state index is -0.699. The molecule has 0 saturated heterocycles. The van der Waals surface area contributed by atoms with E-state index >= 15 is 0 Å². The van der Waals surface area contributed by atoms with Crippen LogP contribution in [-0.4, -0.2) is 24.6 Å². The third-order valence-electron chi connectivity index (χ3n) is 12.5. The molecule has 0 aromatic carbocycles. The highest BCUT2D eigenvalue weighted by Crippen LogP contribution is 2.74. The van der Waals surface area contributed by atoms with Crippen LogP contribution in [0.5, 0.6) is 0 Å². The maximum atomic E-state index is 14.3. The van der Waals surface area contributed by atoms with Crippen LogP contribution in [0.15, 0.2) is 23.8 Å². The molecule has 5 rings (SSSR count). The van der Waals surface area contributed by atoms with Crippen LogP contribution in [0.1, 0.15) is 87.0 Å². The number of ketones is 2. The summed E-state index contributed by atoms with van der Waals surface area (Å²) in [6, 6.07) is 0. The third-order valence-corrected chi connectivity index (χ3v) is 12.5. The molecule has 35 heavy (non-hydrogen) atoms. The van der Waals surface area contributed by atoms with Gasteiger partial charge in [0.15, 0.2) is 11.6 Å². The number of methoxy groups -OCH3 is 1. The second-order valence-corrected chi connectivity index (χ2v) is 14.1. The van der Waals surface area contributed by atoms with E-state index in [9.17, 15) is 14.4 Å². The van der Waals surface area contributed by atoms with Crippen LogP contribution >= 0.6 is 0 Å². The predicted molar refractivity (Wildman–Crippen MR) is 136 cm³/mol. The first-order valence-corrected chi connectivity index (χ1v) is 13.8. The summed E-state index contributed by atoms with van der Waals surface area (Å²) in [5.41, 5.74) is -0.721. The number of carbonyl (C=O) groups is 3. The number of ether oxygens (including phenoxy) is 1. The van der Waals surface area contributed by atoms with E-state index in [0.717, 1.165) is 38.5 Å². The number of fused-ring (bicyclic) bond motifs is 7. The first kappa shape index (κ1) is 25.0. The Bertz CT molecular complexity index is 1050. The van der Waals surface area contributed by atoms with Crippen molar-refractivity contribution in [2.24, 2.45) is 56.7 Å². The van der Waals surface area contributed by atoms with Crippen molar-refractivity contribution in [1.29, 1.82) is 0 Å². The maximum absolute atomic E-state index is 14.3. The summed E-state index contributed by atoms with van der Waals surface area (Å²) < 4.78 is 5.43. The summed E-state index contributed by atoms with van der Waals surface area (Å²) in [7, 11) is 1.51. The molecule has 9 atom stereocenters. The lowest BCUT2D eigenvalue weighted by Crippen LogP contribution is -2.67. The summed E-state index contributed by atoms with van der Waals surface area (Å²) in [6.07, 6.45) is 11.1. The summed E-state index contributed by atoms with van der Waals surface area (Å²) in [5.74, 6) is 0.744. The lowest BCUT2D eigenvalue weighted by molar-refractivity contribution is -0.186. The monoisotopic (exact) mass is 480 g/mol. The topological polar surface area (TPSA) is 60.4 Å². The van der Waals surface area contributed by atoms with Crippen molar-refractivity contribution >= 4 is 17.5 Å². The first-order chi connectivity index (χ1) is 16.2. The molecule has 192 valence electrons. The zero-order chi connectivity index (χ0) is 25.8. The molecule has 0 spiro atoms. The molecular weight excluding hydrogens is 436 g/mol. The Kier molecular flexibility index (Phi) is 5.29. The lowest BCUT2D eigenvalue weighted by atomic mass is 9.33. The van der Waals surface area contributed by atoms with E-state index in [1.807, 2.05) is 6.08 Å². The third kappa shape index (κ3) is 2.83. The fourth-order valence-electron chi connectivity index (χ4n) is 10.2. The standard InChI is InChI=1S/C31H44O4/c1-18-9-14-31(26(34)35-8)16-15-28(5)20(24(31)19(18)2)17-21(32)25-29(28,6)13-10-22-27(3,4)12-11-23(33)30(22,25)7/h11-12,17-19,22,24-25H,9-10,13-16H2,1-8H3/t18-,19+,22?,24?,25?,28-,29-,30-,31+/m1/s1. The van der Waals surface area contributed by atoms with E-state index in [0.29, 0.717) is 11.8 Å². The molecule has 0 radical (unpaired) electrons. The maximum Gasteiger partial charge on any atom is 0.312 e. The van der Waals surface area contributed by atoms with Crippen molar-refractivity contribution in [2.75, 3.05) is 7.11 Å². The zero-order valence-electron chi connectivity index (χ0n) is 23.0. The average Bonchev–Trinajstić information content (AvgIpc) is 2.79. The zero-order valence-corrected chi connectivity index (χ0v) is 23.0. The fraction of sp³-hybridized carbons (Fsp3) is 0.774. The van der Waals surface area contributed by atoms with Crippen molar-refractivity contribution in [3.05, 3.63) is 23.8 Å². The molecular formula is C31H44O4. The Hall–Kier alpha value is -1.71. The molecule has 0 aliphatic heterocycles. The van der Waals surface area contributed by atoms with E-state index in [2.05, 4.69) is 54.5 Å². The molecule has 0 aromatic heterocycles. The molecule has 0 amide bonds. The highest BCUT2D eigenvalue weighted by atomic mass is 16.5. The van der Waals surface area contributed by atoms with Crippen LogP contribution in [0.25, 0.3) is 0 Å². The van der Waals surface area contributed by atoms with Gasteiger partial charge in [-0.25, -0.2) is 0 Å². The van der Waals surface area contributed by atoms with E-state index in [1.54, 1.807) is 6.08 Å². The molecule has 5 aliphatic rings. The van der Waals surface area contributed by atoms with Gasteiger partial charge in [0.05, 0.1) is 12.5 Å².